The first-order valence-electron chi connectivity index (χ1n) is 9.76. The highest BCUT2D eigenvalue weighted by Crippen LogP contribution is 2.39. The number of rotatable bonds is 6. The van der Waals surface area contributed by atoms with E-state index in [1.54, 1.807) is 6.20 Å². The lowest BCUT2D eigenvalue weighted by Gasteiger charge is -2.27. The fourth-order valence-electron chi connectivity index (χ4n) is 3.48. The summed E-state index contributed by atoms with van der Waals surface area (Å²) >= 11 is 19.5. The van der Waals surface area contributed by atoms with Gasteiger partial charge in [0.05, 0.1) is 27.3 Å². The molecule has 29 heavy (non-hydrogen) atoms. The molecule has 0 radical (unpaired) electrons. The molecule has 0 spiro atoms. The van der Waals surface area contributed by atoms with Gasteiger partial charge in [0.2, 0.25) is 0 Å². The minimum absolute atomic E-state index is 0.415. The number of anilines is 1. The van der Waals surface area contributed by atoms with E-state index >= 15 is 0 Å². The Morgan fingerprint density at radius 1 is 1.00 bits per heavy atom. The van der Waals surface area contributed by atoms with Crippen molar-refractivity contribution in [3.8, 4) is 11.4 Å². The van der Waals surface area contributed by atoms with Gasteiger partial charge in [0.15, 0.2) is 5.82 Å². The quantitative estimate of drug-likeness (QED) is 0.373. The Morgan fingerprint density at radius 2 is 1.66 bits per heavy atom. The van der Waals surface area contributed by atoms with Crippen molar-refractivity contribution in [1.29, 1.82) is 0 Å². The molecule has 1 aromatic carbocycles. The monoisotopic (exact) mass is 450 g/mol. The van der Waals surface area contributed by atoms with Crippen LogP contribution in [0.25, 0.3) is 22.3 Å². The molecule has 0 saturated carbocycles. The van der Waals surface area contributed by atoms with Gasteiger partial charge >= 0.3 is 0 Å². The van der Waals surface area contributed by atoms with Crippen LogP contribution in [0.3, 0.4) is 0 Å². The molecule has 0 bridgehead atoms. The Bertz CT molecular complexity index is 1020. The molecule has 0 saturated heterocycles. The van der Waals surface area contributed by atoms with Crippen LogP contribution >= 0.6 is 34.8 Å². The average Bonchev–Trinajstić information content (AvgIpc) is 2.65. The van der Waals surface area contributed by atoms with Crippen LogP contribution in [-0.2, 0) is 0 Å². The first-order chi connectivity index (χ1) is 13.7. The second-order valence-electron chi connectivity index (χ2n) is 7.75. The van der Waals surface area contributed by atoms with E-state index in [4.69, 9.17) is 44.8 Å². The number of nitrogens with zero attached hydrogens (tertiary/aromatic N) is 4. The zero-order valence-electron chi connectivity index (χ0n) is 17.4. The highest BCUT2D eigenvalue weighted by atomic mass is 35.5. The number of benzene rings is 1. The van der Waals surface area contributed by atoms with Gasteiger partial charge in [0, 0.05) is 18.5 Å². The SMILES string of the molecule is CCCN(CC(C)C)c1nc(-c2c(Cl)c(C)cc(C)c2Cl)nc2cnc(Cl)cc12. The molecular weight excluding hydrogens is 427 g/mol. The predicted molar refractivity (Wildman–Crippen MR) is 125 cm³/mol. The molecule has 0 aliphatic carbocycles. The molecule has 154 valence electrons. The van der Waals surface area contributed by atoms with Crippen molar-refractivity contribution >= 4 is 51.5 Å². The molecule has 0 aliphatic rings. The van der Waals surface area contributed by atoms with Crippen molar-refractivity contribution in [2.75, 3.05) is 18.0 Å². The number of aryl methyl sites for hydroxylation is 2. The minimum atomic E-state index is 0.415. The van der Waals surface area contributed by atoms with Gasteiger partial charge < -0.3 is 4.90 Å². The summed E-state index contributed by atoms with van der Waals surface area (Å²) in [4.78, 5) is 16.2. The lowest BCUT2D eigenvalue weighted by molar-refractivity contribution is 0.603. The normalized spacial score (nSPS) is 11.5. The third-order valence-electron chi connectivity index (χ3n) is 4.70. The molecule has 7 heteroatoms. The summed E-state index contributed by atoms with van der Waals surface area (Å²) in [6.07, 6.45) is 2.67. The molecule has 2 aromatic heterocycles. The van der Waals surface area contributed by atoms with E-state index in [0.29, 0.717) is 38.0 Å². The van der Waals surface area contributed by atoms with Crippen molar-refractivity contribution in [3.63, 3.8) is 0 Å². The summed E-state index contributed by atoms with van der Waals surface area (Å²) in [5, 5.41) is 2.43. The number of hydrogen-bond acceptors (Lipinski definition) is 4. The van der Waals surface area contributed by atoms with Crippen LogP contribution in [0, 0.1) is 19.8 Å². The summed E-state index contributed by atoms with van der Waals surface area (Å²) in [5.41, 5.74) is 3.25. The maximum Gasteiger partial charge on any atom is 0.165 e. The lowest BCUT2D eigenvalue weighted by atomic mass is 10.1. The Labute approximate surface area is 187 Å². The Kier molecular flexibility index (Phi) is 6.87. The molecule has 0 fully saturated rings. The van der Waals surface area contributed by atoms with Crippen molar-refractivity contribution in [2.45, 2.75) is 41.0 Å². The summed E-state index contributed by atoms with van der Waals surface area (Å²) in [6, 6.07) is 3.79. The molecule has 0 N–H and O–H groups in total. The van der Waals surface area contributed by atoms with Gasteiger partial charge in [-0.15, -0.1) is 0 Å². The smallest absolute Gasteiger partial charge is 0.165 e. The van der Waals surface area contributed by atoms with E-state index in [0.717, 1.165) is 41.8 Å². The summed E-state index contributed by atoms with van der Waals surface area (Å²) in [6.45, 7) is 12.2. The van der Waals surface area contributed by atoms with Gasteiger partial charge in [-0.2, -0.15) is 0 Å². The van der Waals surface area contributed by atoms with E-state index in [1.165, 1.54) is 0 Å². The third-order valence-corrected chi connectivity index (χ3v) is 5.88. The predicted octanol–water partition coefficient (Wildman–Crippen LogP) is 7.14. The average molecular weight is 452 g/mol. The summed E-state index contributed by atoms with van der Waals surface area (Å²) < 4.78 is 0. The number of aromatic nitrogens is 3. The third kappa shape index (κ3) is 4.60. The number of fused-ring (bicyclic) bond motifs is 1. The molecule has 0 amide bonds. The van der Waals surface area contributed by atoms with Crippen LogP contribution < -0.4 is 4.90 Å². The number of pyridine rings is 1. The Balaban J connectivity index is 2.33. The number of hydrogen-bond donors (Lipinski definition) is 0. The van der Waals surface area contributed by atoms with Gasteiger partial charge in [0.25, 0.3) is 0 Å². The van der Waals surface area contributed by atoms with E-state index in [1.807, 2.05) is 26.0 Å². The Morgan fingerprint density at radius 3 is 2.24 bits per heavy atom. The molecule has 0 aliphatic heterocycles. The maximum atomic E-state index is 6.64. The highest BCUT2D eigenvalue weighted by molar-refractivity contribution is 6.40. The molecular formula is C22H25Cl3N4. The first kappa shape index (κ1) is 22.1. The number of halogens is 3. The molecule has 0 atom stereocenters. The van der Waals surface area contributed by atoms with Gasteiger partial charge in [0.1, 0.15) is 11.0 Å². The fraction of sp³-hybridized carbons (Fsp3) is 0.409. The van der Waals surface area contributed by atoms with Crippen LogP contribution in [-0.4, -0.2) is 28.0 Å². The van der Waals surface area contributed by atoms with Crippen molar-refractivity contribution in [2.24, 2.45) is 5.92 Å². The van der Waals surface area contributed by atoms with Gasteiger partial charge in [-0.05, 0) is 43.4 Å². The van der Waals surface area contributed by atoms with E-state index in [9.17, 15) is 0 Å². The van der Waals surface area contributed by atoms with Crippen LogP contribution in [0.4, 0.5) is 5.82 Å². The van der Waals surface area contributed by atoms with Gasteiger partial charge in [-0.25, -0.2) is 15.0 Å². The largest absolute Gasteiger partial charge is 0.356 e. The highest BCUT2D eigenvalue weighted by Gasteiger charge is 2.21. The van der Waals surface area contributed by atoms with Crippen molar-refractivity contribution < 1.29 is 0 Å². The fourth-order valence-corrected chi connectivity index (χ4v) is 4.15. The Hall–Kier alpha value is -1.62. The second-order valence-corrected chi connectivity index (χ2v) is 8.89. The topological polar surface area (TPSA) is 41.9 Å². The molecule has 0 unspecified atom stereocenters. The van der Waals surface area contributed by atoms with E-state index in [2.05, 4.69) is 30.7 Å². The van der Waals surface area contributed by atoms with Crippen LogP contribution in [0.1, 0.15) is 38.3 Å². The van der Waals surface area contributed by atoms with Crippen LogP contribution in [0.5, 0.6) is 0 Å². The van der Waals surface area contributed by atoms with Crippen molar-refractivity contribution in [3.05, 3.63) is 44.7 Å². The lowest BCUT2D eigenvalue weighted by Crippen LogP contribution is -2.29. The van der Waals surface area contributed by atoms with E-state index < -0.39 is 0 Å². The molecule has 4 nitrogen and oxygen atoms in total. The summed E-state index contributed by atoms with van der Waals surface area (Å²) in [7, 11) is 0. The first-order valence-corrected chi connectivity index (χ1v) is 10.9. The van der Waals surface area contributed by atoms with E-state index in [-0.39, 0.29) is 0 Å². The molecule has 2 heterocycles. The standard InChI is InChI=1S/C22H25Cl3N4/c1-6-7-29(11-12(2)3)22-15-9-17(23)26-10-16(15)27-21(28-22)18-19(24)13(4)8-14(5)20(18)25/h8-10,12H,6-7,11H2,1-5H3. The summed E-state index contributed by atoms with van der Waals surface area (Å²) in [5.74, 6) is 1.81. The van der Waals surface area contributed by atoms with Gasteiger partial charge in [-0.3, -0.25) is 0 Å². The minimum Gasteiger partial charge on any atom is -0.356 e. The zero-order chi connectivity index (χ0) is 21.3. The zero-order valence-corrected chi connectivity index (χ0v) is 19.6. The molecule has 3 aromatic rings. The van der Waals surface area contributed by atoms with Crippen LogP contribution in [0.2, 0.25) is 15.2 Å². The molecule has 3 rings (SSSR count). The van der Waals surface area contributed by atoms with Crippen molar-refractivity contribution in [1.82, 2.24) is 15.0 Å². The maximum absolute atomic E-state index is 6.64. The van der Waals surface area contributed by atoms with Gasteiger partial charge in [-0.1, -0.05) is 61.6 Å². The van der Waals surface area contributed by atoms with Crippen LogP contribution in [0.15, 0.2) is 18.3 Å². The second kappa shape index (κ2) is 9.03.